The first-order valence-electron chi connectivity index (χ1n) is 11.1. The van der Waals surface area contributed by atoms with Crippen LogP contribution < -0.4 is 15.6 Å². The van der Waals surface area contributed by atoms with Crippen molar-refractivity contribution in [3.8, 4) is 34.3 Å². The van der Waals surface area contributed by atoms with Crippen LogP contribution in [0.15, 0.2) is 47.4 Å². The number of hydrogen-bond donors (Lipinski definition) is 2. The summed E-state index contributed by atoms with van der Waals surface area (Å²) in [5.41, 5.74) is 0.776. The van der Waals surface area contributed by atoms with Gasteiger partial charge in [0.05, 0.1) is 11.2 Å². The number of hydrogen-bond acceptors (Lipinski definition) is 7. The summed E-state index contributed by atoms with van der Waals surface area (Å²) >= 11 is 0. The van der Waals surface area contributed by atoms with E-state index in [1.165, 1.54) is 22.9 Å². The van der Waals surface area contributed by atoms with Gasteiger partial charge in [0.1, 0.15) is 17.7 Å². The maximum atomic E-state index is 15.1. The number of aromatic nitrogens is 4. The summed E-state index contributed by atoms with van der Waals surface area (Å²) in [7, 11) is 1.62. The Labute approximate surface area is 190 Å². The van der Waals surface area contributed by atoms with Crippen molar-refractivity contribution in [2.75, 3.05) is 0 Å². The third kappa shape index (κ3) is 3.97. The van der Waals surface area contributed by atoms with Crippen molar-refractivity contribution in [2.45, 2.75) is 56.5 Å². The summed E-state index contributed by atoms with van der Waals surface area (Å²) < 4.78 is 22.4. The van der Waals surface area contributed by atoms with Crippen LogP contribution in [0.5, 0.6) is 11.6 Å². The summed E-state index contributed by atoms with van der Waals surface area (Å²) in [6.45, 7) is 1.92. The Kier molecular flexibility index (Phi) is 5.36. The Balaban J connectivity index is 1.34. The van der Waals surface area contributed by atoms with Crippen molar-refractivity contribution >= 4 is 0 Å². The van der Waals surface area contributed by atoms with Gasteiger partial charge in [-0.05, 0) is 44.4 Å². The lowest BCUT2D eigenvalue weighted by atomic mass is 9.75. The molecule has 4 heterocycles. The second-order valence-corrected chi connectivity index (χ2v) is 9.10. The molecule has 0 spiro atoms. The quantitative estimate of drug-likeness (QED) is 0.629. The van der Waals surface area contributed by atoms with Gasteiger partial charge in [-0.2, -0.15) is 0 Å². The maximum absolute atomic E-state index is 15.1. The predicted octanol–water partition coefficient (Wildman–Crippen LogP) is 3.00. The molecule has 2 aliphatic rings. The predicted molar refractivity (Wildman–Crippen MR) is 121 cm³/mol. The van der Waals surface area contributed by atoms with Gasteiger partial charge in [0.15, 0.2) is 6.17 Å². The van der Waals surface area contributed by atoms with Crippen molar-refractivity contribution in [2.24, 2.45) is 7.05 Å². The van der Waals surface area contributed by atoms with Gasteiger partial charge in [0.2, 0.25) is 5.88 Å². The van der Waals surface area contributed by atoms with E-state index in [1.807, 2.05) is 6.92 Å². The van der Waals surface area contributed by atoms with E-state index in [9.17, 15) is 9.90 Å². The monoisotopic (exact) mass is 451 g/mol. The molecule has 3 aromatic rings. The standard InChI is InChI=1S/C24H26FN5O3/c1-24-10-3-4-15(27-24)13-19(22(24)25)33-20-8-7-17(28-29-20)16-6-5-14(12-18(16)31)23-26-11-9-21(32)30(23)2/h5-9,11-12,15,19,22,27,31H,3-4,10,13H2,1-2H3/t15?,19-,22+,24+/m1/s1. The third-order valence-corrected chi connectivity index (χ3v) is 6.74. The zero-order valence-corrected chi connectivity index (χ0v) is 18.5. The van der Waals surface area contributed by atoms with E-state index in [2.05, 4.69) is 20.5 Å². The van der Waals surface area contributed by atoms with E-state index < -0.39 is 17.8 Å². The molecule has 0 saturated carbocycles. The average Bonchev–Trinajstić information content (AvgIpc) is 2.80. The van der Waals surface area contributed by atoms with Gasteiger partial charge in [0, 0.05) is 49.0 Å². The van der Waals surface area contributed by atoms with Crippen molar-refractivity contribution in [1.82, 2.24) is 25.1 Å². The number of piperidine rings is 2. The maximum Gasteiger partial charge on any atom is 0.253 e. The molecule has 2 aliphatic heterocycles. The van der Waals surface area contributed by atoms with Gasteiger partial charge in [-0.25, -0.2) is 9.37 Å². The number of aromatic hydroxyl groups is 1. The Bertz CT molecular complexity index is 1230. The highest BCUT2D eigenvalue weighted by molar-refractivity contribution is 5.72. The number of nitrogens with zero attached hydrogens (tertiary/aromatic N) is 4. The van der Waals surface area contributed by atoms with Crippen LogP contribution in [0.1, 0.15) is 32.6 Å². The largest absolute Gasteiger partial charge is 0.507 e. The van der Waals surface area contributed by atoms with E-state index in [0.717, 1.165) is 19.3 Å². The van der Waals surface area contributed by atoms with Gasteiger partial charge < -0.3 is 15.2 Å². The molecule has 33 heavy (non-hydrogen) atoms. The highest BCUT2D eigenvalue weighted by Gasteiger charge is 2.49. The van der Waals surface area contributed by atoms with Crippen LogP contribution in [0, 0.1) is 0 Å². The van der Waals surface area contributed by atoms with Crippen LogP contribution in [0.2, 0.25) is 0 Å². The van der Waals surface area contributed by atoms with Crippen LogP contribution in [0.3, 0.4) is 0 Å². The number of halogens is 1. The molecule has 9 heteroatoms. The lowest BCUT2D eigenvalue weighted by Crippen LogP contribution is -2.66. The second-order valence-electron chi connectivity index (χ2n) is 9.10. The zero-order valence-electron chi connectivity index (χ0n) is 18.5. The molecule has 2 N–H and O–H groups in total. The molecule has 0 aliphatic carbocycles. The topological polar surface area (TPSA) is 102 Å². The molecule has 172 valence electrons. The molecule has 2 bridgehead atoms. The molecule has 5 rings (SSSR count). The van der Waals surface area contributed by atoms with Crippen LogP contribution in [0.4, 0.5) is 4.39 Å². The first-order valence-corrected chi connectivity index (χ1v) is 11.1. The molecule has 4 atom stereocenters. The van der Waals surface area contributed by atoms with Crippen LogP contribution in [-0.4, -0.2) is 48.7 Å². The fourth-order valence-corrected chi connectivity index (χ4v) is 4.95. The van der Waals surface area contributed by atoms with Gasteiger partial charge in [-0.15, -0.1) is 10.2 Å². The van der Waals surface area contributed by atoms with Crippen LogP contribution in [-0.2, 0) is 7.05 Å². The first-order chi connectivity index (χ1) is 15.8. The number of alkyl halides is 1. The fraction of sp³-hybridized carbons (Fsp3) is 0.417. The van der Waals surface area contributed by atoms with Gasteiger partial charge in [-0.1, -0.05) is 6.07 Å². The third-order valence-electron chi connectivity index (χ3n) is 6.74. The van der Waals surface area contributed by atoms with Crippen molar-refractivity contribution in [3.05, 3.63) is 52.9 Å². The van der Waals surface area contributed by atoms with Gasteiger partial charge in [0.25, 0.3) is 5.56 Å². The van der Waals surface area contributed by atoms with Crippen molar-refractivity contribution in [1.29, 1.82) is 0 Å². The Morgan fingerprint density at radius 2 is 2.09 bits per heavy atom. The number of phenols is 1. The molecule has 2 saturated heterocycles. The summed E-state index contributed by atoms with van der Waals surface area (Å²) in [6, 6.07) is 9.94. The molecular formula is C24H26FN5O3. The number of ether oxygens (including phenoxy) is 1. The van der Waals surface area contributed by atoms with E-state index in [1.54, 1.807) is 31.3 Å². The fourth-order valence-electron chi connectivity index (χ4n) is 4.95. The summed E-state index contributed by atoms with van der Waals surface area (Å²) in [4.78, 5) is 16.1. The average molecular weight is 452 g/mol. The van der Waals surface area contributed by atoms with E-state index >= 15 is 4.39 Å². The molecule has 1 unspecified atom stereocenters. The normalized spacial score (nSPS) is 26.7. The molecular weight excluding hydrogens is 425 g/mol. The van der Waals surface area contributed by atoms with E-state index in [0.29, 0.717) is 29.1 Å². The summed E-state index contributed by atoms with van der Waals surface area (Å²) in [5.74, 6) is 0.687. The highest BCUT2D eigenvalue weighted by atomic mass is 19.1. The second kappa shape index (κ2) is 8.22. The van der Waals surface area contributed by atoms with Gasteiger partial charge >= 0.3 is 0 Å². The number of phenolic OH excluding ortho intramolecular Hbond substituents is 1. The lowest BCUT2D eigenvalue weighted by molar-refractivity contribution is -0.0349. The molecule has 8 nitrogen and oxygen atoms in total. The minimum absolute atomic E-state index is 0.0171. The SMILES string of the molecule is Cn1c(-c2ccc(-c3ccc(O[C@@H]4CC5CCC[C@](C)(N5)[C@H]4F)nn3)c(O)c2)nccc1=O. The first kappa shape index (κ1) is 21.5. The summed E-state index contributed by atoms with van der Waals surface area (Å²) in [5, 5.41) is 22.3. The molecule has 0 radical (unpaired) electrons. The number of nitrogens with one attached hydrogen (secondary N) is 1. The Morgan fingerprint density at radius 3 is 2.85 bits per heavy atom. The number of rotatable bonds is 4. The minimum Gasteiger partial charge on any atom is -0.507 e. The highest BCUT2D eigenvalue weighted by Crippen LogP contribution is 2.37. The van der Waals surface area contributed by atoms with Crippen LogP contribution >= 0.6 is 0 Å². The van der Waals surface area contributed by atoms with Gasteiger partial charge in [-0.3, -0.25) is 9.36 Å². The number of benzene rings is 1. The Morgan fingerprint density at radius 1 is 1.24 bits per heavy atom. The molecule has 2 aromatic heterocycles. The van der Waals surface area contributed by atoms with Crippen molar-refractivity contribution < 1.29 is 14.2 Å². The van der Waals surface area contributed by atoms with E-state index in [4.69, 9.17) is 4.74 Å². The zero-order chi connectivity index (χ0) is 23.2. The molecule has 1 aromatic carbocycles. The summed E-state index contributed by atoms with van der Waals surface area (Å²) in [6.07, 6.45) is 3.16. The molecule has 0 amide bonds. The smallest absolute Gasteiger partial charge is 0.253 e. The van der Waals surface area contributed by atoms with E-state index in [-0.39, 0.29) is 23.2 Å². The van der Waals surface area contributed by atoms with Crippen LogP contribution in [0.25, 0.3) is 22.6 Å². The number of fused-ring (bicyclic) bond motifs is 2. The van der Waals surface area contributed by atoms with Crippen molar-refractivity contribution in [3.63, 3.8) is 0 Å². The molecule has 2 fully saturated rings. The minimum atomic E-state index is -1.13. The Hall–Kier alpha value is -3.33. The lowest BCUT2D eigenvalue weighted by Gasteiger charge is -2.49.